The van der Waals surface area contributed by atoms with Gasteiger partial charge in [0.1, 0.15) is 0 Å². The maximum absolute atomic E-state index is 11.8. The van der Waals surface area contributed by atoms with E-state index in [1.807, 2.05) is 0 Å². The van der Waals surface area contributed by atoms with Crippen molar-refractivity contribution in [1.29, 1.82) is 0 Å². The molecule has 1 rings (SSSR count). The minimum absolute atomic E-state index is 0.0165. The molecule has 0 bridgehead atoms. The van der Waals surface area contributed by atoms with Gasteiger partial charge in [-0.15, -0.1) is 6.58 Å². The van der Waals surface area contributed by atoms with Gasteiger partial charge in [0.25, 0.3) is 0 Å². The number of hydrogen-bond donors (Lipinski definition) is 1. The van der Waals surface area contributed by atoms with E-state index in [-0.39, 0.29) is 18.4 Å². The minimum atomic E-state index is -3.16. The number of aliphatic hydroxyl groups excluding tert-OH is 1. The van der Waals surface area contributed by atoms with Gasteiger partial charge in [0.2, 0.25) is 10.0 Å². The molecule has 1 aliphatic rings. The highest BCUT2D eigenvalue weighted by molar-refractivity contribution is 7.89. The van der Waals surface area contributed by atoms with Crippen molar-refractivity contribution in [1.82, 2.24) is 4.31 Å². The van der Waals surface area contributed by atoms with E-state index in [2.05, 4.69) is 6.58 Å². The smallest absolute Gasteiger partial charge is 0.217 e. The second-order valence-corrected chi connectivity index (χ2v) is 5.81. The highest BCUT2D eigenvalue weighted by Crippen LogP contribution is 2.24. The molecule has 15 heavy (non-hydrogen) atoms. The Morgan fingerprint density at radius 2 is 2.27 bits per heavy atom. The van der Waals surface area contributed by atoms with Crippen LogP contribution in [0.4, 0.5) is 0 Å². The first-order valence-corrected chi connectivity index (χ1v) is 6.94. The fourth-order valence-electron chi connectivity index (χ4n) is 2.04. The predicted molar refractivity (Wildman–Crippen MR) is 60.0 cm³/mol. The molecular formula is C10H19NO3S. The van der Waals surface area contributed by atoms with Gasteiger partial charge in [0, 0.05) is 19.2 Å². The second-order valence-electron chi connectivity index (χ2n) is 3.84. The molecule has 0 aromatic heterocycles. The predicted octanol–water partition coefficient (Wildman–Crippen LogP) is 0.739. The Hall–Kier alpha value is -0.390. The average molecular weight is 233 g/mol. The van der Waals surface area contributed by atoms with Crippen LogP contribution in [0.5, 0.6) is 0 Å². The maximum Gasteiger partial charge on any atom is 0.217 e. The first-order chi connectivity index (χ1) is 7.11. The lowest BCUT2D eigenvalue weighted by molar-refractivity contribution is 0.264. The second kappa shape index (κ2) is 5.63. The number of sulfonamides is 1. The van der Waals surface area contributed by atoms with Crippen LogP contribution in [0.25, 0.3) is 0 Å². The normalized spacial score (nSPS) is 23.1. The summed E-state index contributed by atoms with van der Waals surface area (Å²) >= 11 is 0. The maximum atomic E-state index is 11.8. The SMILES string of the molecule is C=CCS(=O)(=O)N1CCCC1CCCO. The van der Waals surface area contributed by atoms with Crippen LogP contribution >= 0.6 is 0 Å². The molecule has 88 valence electrons. The van der Waals surface area contributed by atoms with E-state index in [1.54, 1.807) is 4.31 Å². The molecule has 0 spiro atoms. The third-order valence-corrected chi connectivity index (χ3v) is 4.56. The molecule has 0 aromatic rings. The number of rotatable bonds is 6. The van der Waals surface area contributed by atoms with Crippen LogP contribution < -0.4 is 0 Å². The summed E-state index contributed by atoms with van der Waals surface area (Å²) in [5.74, 6) is 0.0165. The summed E-state index contributed by atoms with van der Waals surface area (Å²) in [6, 6.07) is 0.0853. The molecule has 1 aliphatic heterocycles. The van der Waals surface area contributed by atoms with Crippen LogP contribution in [-0.2, 0) is 10.0 Å². The van der Waals surface area contributed by atoms with Gasteiger partial charge >= 0.3 is 0 Å². The van der Waals surface area contributed by atoms with Crippen molar-refractivity contribution in [2.24, 2.45) is 0 Å². The van der Waals surface area contributed by atoms with Crippen molar-refractivity contribution in [2.75, 3.05) is 18.9 Å². The van der Waals surface area contributed by atoms with E-state index in [1.165, 1.54) is 6.08 Å². The van der Waals surface area contributed by atoms with E-state index in [4.69, 9.17) is 5.11 Å². The standard InChI is InChI=1S/C10H19NO3S/c1-2-9-15(13,14)11-7-3-5-10(11)6-4-8-12/h2,10,12H,1,3-9H2. The van der Waals surface area contributed by atoms with Crippen LogP contribution in [0.3, 0.4) is 0 Å². The monoisotopic (exact) mass is 233 g/mol. The lowest BCUT2D eigenvalue weighted by atomic mass is 10.1. The zero-order chi connectivity index (χ0) is 11.3. The molecule has 1 atom stereocenters. The lowest BCUT2D eigenvalue weighted by Crippen LogP contribution is -2.36. The summed E-state index contributed by atoms with van der Waals surface area (Å²) in [5, 5.41) is 8.73. The molecule has 0 aliphatic carbocycles. The molecule has 1 unspecified atom stereocenters. The Balaban J connectivity index is 2.63. The van der Waals surface area contributed by atoms with Crippen LogP contribution in [0.15, 0.2) is 12.7 Å². The van der Waals surface area contributed by atoms with E-state index >= 15 is 0 Å². The Kier molecular flexibility index (Phi) is 4.76. The molecule has 0 aromatic carbocycles. The molecule has 5 heteroatoms. The van der Waals surface area contributed by atoms with Gasteiger partial charge in [-0.25, -0.2) is 8.42 Å². The molecule has 1 N–H and O–H groups in total. The van der Waals surface area contributed by atoms with Crippen LogP contribution in [0.2, 0.25) is 0 Å². The molecule has 0 saturated carbocycles. The Morgan fingerprint density at radius 1 is 1.53 bits per heavy atom. The Labute approximate surface area is 91.6 Å². The van der Waals surface area contributed by atoms with Crippen molar-refractivity contribution >= 4 is 10.0 Å². The Bertz CT molecular complexity index is 300. The summed E-state index contributed by atoms with van der Waals surface area (Å²) in [7, 11) is -3.16. The van der Waals surface area contributed by atoms with Gasteiger partial charge in [-0.3, -0.25) is 0 Å². The zero-order valence-electron chi connectivity index (χ0n) is 8.93. The van der Waals surface area contributed by atoms with Crippen LogP contribution in [0.1, 0.15) is 25.7 Å². The summed E-state index contributed by atoms with van der Waals surface area (Å²) in [6.07, 6.45) is 4.69. The zero-order valence-corrected chi connectivity index (χ0v) is 9.75. The lowest BCUT2D eigenvalue weighted by Gasteiger charge is -2.23. The molecule has 1 heterocycles. The third kappa shape index (κ3) is 3.29. The van der Waals surface area contributed by atoms with Crippen molar-refractivity contribution in [2.45, 2.75) is 31.7 Å². The average Bonchev–Trinajstić information content (AvgIpc) is 2.63. The van der Waals surface area contributed by atoms with Gasteiger partial charge in [-0.1, -0.05) is 6.08 Å². The van der Waals surface area contributed by atoms with Crippen LogP contribution in [-0.4, -0.2) is 42.8 Å². The van der Waals surface area contributed by atoms with Gasteiger partial charge in [-0.2, -0.15) is 4.31 Å². The summed E-state index contributed by atoms with van der Waals surface area (Å²) in [5.41, 5.74) is 0. The molecule has 1 fully saturated rings. The number of nitrogens with zero attached hydrogens (tertiary/aromatic N) is 1. The van der Waals surface area contributed by atoms with Gasteiger partial charge in [0.05, 0.1) is 5.75 Å². The fraction of sp³-hybridized carbons (Fsp3) is 0.800. The van der Waals surface area contributed by atoms with Crippen molar-refractivity contribution in [3.63, 3.8) is 0 Å². The van der Waals surface area contributed by atoms with E-state index in [0.717, 1.165) is 19.3 Å². The summed E-state index contributed by atoms with van der Waals surface area (Å²) in [6.45, 7) is 4.21. The van der Waals surface area contributed by atoms with Crippen molar-refractivity contribution in [3.8, 4) is 0 Å². The number of hydrogen-bond acceptors (Lipinski definition) is 3. The highest BCUT2D eigenvalue weighted by atomic mass is 32.2. The van der Waals surface area contributed by atoms with Gasteiger partial charge < -0.3 is 5.11 Å². The van der Waals surface area contributed by atoms with Crippen molar-refractivity contribution < 1.29 is 13.5 Å². The first-order valence-electron chi connectivity index (χ1n) is 5.33. The quantitative estimate of drug-likeness (QED) is 0.688. The molecule has 0 radical (unpaired) electrons. The third-order valence-electron chi connectivity index (χ3n) is 2.70. The van der Waals surface area contributed by atoms with E-state index in [0.29, 0.717) is 13.0 Å². The van der Waals surface area contributed by atoms with E-state index in [9.17, 15) is 8.42 Å². The van der Waals surface area contributed by atoms with Crippen LogP contribution in [0, 0.1) is 0 Å². The van der Waals surface area contributed by atoms with Gasteiger partial charge in [0.15, 0.2) is 0 Å². The largest absolute Gasteiger partial charge is 0.396 e. The molecule has 4 nitrogen and oxygen atoms in total. The molecule has 0 amide bonds. The summed E-state index contributed by atoms with van der Waals surface area (Å²) < 4.78 is 25.2. The molecule has 1 saturated heterocycles. The topological polar surface area (TPSA) is 57.6 Å². The number of aliphatic hydroxyl groups is 1. The molecular weight excluding hydrogens is 214 g/mol. The Morgan fingerprint density at radius 3 is 2.87 bits per heavy atom. The first kappa shape index (κ1) is 12.7. The fourth-order valence-corrected chi connectivity index (χ4v) is 3.60. The summed E-state index contributed by atoms with van der Waals surface area (Å²) in [4.78, 5) is 0. The highest BCUT2D eigenvalue weighted by Gasteiger charge is 2.32. The van der Waals surface area contributed by atoms with E-state index < -0.39 is 10.0 Å². The van der Waals surface area contributed by atoms with Gasteiger partial charge in [-0.05, 0) is 25.7 Å². The minimum Gasteiger partial charge on any atom is -0.396 e. The van der Waals surface area contributed by atoms with Crippen molar-refractivity contribution in [3.05, 3.63) is 12.7 Å².